The molecule has 0 radical (unpaired) electrons. The van der Waals surface area contributed by atoms with Crippen molar-refractivity contribution < 1.29 is 9.72 Å². The third-order valence-corrected chi connectivity index (χ3v) is 4.67. The van der Waals surface area contributed by atoms with Gasteiger partial charge in [-0.25, -0.2) is 4.79 Å². The number of nitro groups is 1. The molecule has 30 heavy (non-hydrogen) atoms. The number of unbranched alkanes of at least 4 members (excludes halogenated alkanes) is 1. The van der Waals surface area contributed by atoms with Gasteiger partial charge in [-0.15, -0.1) is 0 Å². The number of aromatic nitrogens is 2. The van der Waals surface area contributed by atoms with E-state index in [9.17, 15) is 24.5 Å². The molecule has 11 nitrogen and oxygen atoms in total. The van der Waals surface area contributed by atoms with Crippen LogP contribution in [-0.2, 0) is 11.3 Å². The van der Waals surface area contributed by atoms with Crippen LogP contribution >= 0.6 is 0 Å². The molecule has 0 bridgehead atoms. The highest BCUT2D eigenvalue weighted by molar-refractivity contribution is 5.94. The zero-order chi connectivity index (χ0) is 22.4. The number of benzene rings is 1. The van der Waals surface area contributed by atoms with Gasteiger partial charge in [0.1, 0.15) is 11.5 Å². The molecular formula is C19H26N6O5. The van der Waals surface area contributed by atoms with Crippen LogP contribution in [0.25, 0.3) is 0 Å². The maximum Gasteiger partial charge on any atom is 0.330 e. The number of hydrogen-bond acceptors (Lipinski definition) is 7. The lowest BCUT2D eigenvalue weighted by molar-refractivity contribution is -0.385. The first kappa shape index (κ1) is 22.7. The van der Waals surface area contributed by atoms with Crippen molar-refractivity contribution in [2.75, 3.05) is 29.0 Å². The summed E-state index contributed by atoms with van der Waals surface area (Å²) in [4.78, 5) is 51.2. The summed E-state index contributed by atoms with van der Waals surface area (Å²) in [6, 6.07) is 4.37. The Morgan fingerprint density at radius 1 is 1.33 bits per heavy atom. The lowest BCUT2D eigenvalue weighted by atomic mass is 10.2. The number of aromatic amines is 1. The number of hydrogen-bond donors (Lipinski definition) is 3. The van der Waals surface area contributed by atoms with Crippen molar-refractivity contribution in [3.8, 4) is 0 Å². The average molecular weight is 418 g/mol. The third kappa shape index (κ3) is 5.04. The molecule has 0 aliphatic rings. The molecule has 162 valence electrons. The standard InChI is InChI=1S/C19H26N6O5/c1-4-6-9-24-17(20)16(18(27)22-19(24)28)23(5-2)11-15(26)21-13-8-7-12(3)14(10-13)25(29)30/h7-8,10H,4-6,9,11,20H2,1-3H3,(H,21,26)(H,22,27,28). The topological polar surface area (TPSA) is 156 Å². The molecule has 0 aliphatic heterocycles. The van der Waals surface area contributed by atoms with Crippen LogP contribution in [0.3, 0.4) is 0 Å². The van der Waals surface area contributed by atoms with Gasteiger partial charge in [-0.2, -0.15) is 0 Å². The number of nitrogens with one attached hydrogen (secondary N) is 2. The number of carbonyl (C=O) groups excluding carboxylic acids is 1. The van der Waals surface area contributed by atoms with E-state index in [0.29, 0.717) is 18.5 Å². The number of H-pyrrole nitrogens is 1. The number of likely N-dealkylation sites (N-methyl/N-ethyl adjacent to an activating group) is 1. The first-order chi connectivity index (χ1) is 14.2. The van der Waals surface area contributed by atoms with Crippen molar-refractivity contribution in [1.29, 1.82) is 0 Å². The van der Waals surface area contributed by atoms with Gasteiger partial charge < -0.3 is 16.0 Å². The van der Waals surface area contributed by atoms with Crippen molar-refractivity contribution in [2.24, 2.45) is 0 Å². The zero-order valence-corrected chi connectivity index (χ0v) is 17.2. The molecule has 2 aromatic rings. The van der Waals surface area contributed by atoms with E-state index in [0.717, 1.165) is 6.42 Å². The number of aryl methyl sites for hydroxylation is 1. The van der Waals surface area contributed by atoms with Gasteiger partial charge in [0.05, 0.1) is 11.5 Å². The molecule has 1 aromatic heterocycles. The Labute approximate surface area is 172 Å². The monoisotopic (exact) mass is 418 g/mol. The highest BCUT2D eigenvalue weighted by atomic mass is 16.6. The minimum absolute atomic E-state index is 0.00202. The van der Waals surface area contributed by atoms with Crippen LogP contribution in [0.15, 0.2) is 27.8 Å². The van der Waals surface area contributed by atoms with Crippen molar-refractivity contribution in [1.82, 2.24) is 9.55 Å². The van der Waals surface area contributed by atoms with Crippen LogP contribution in [0.4, 0.5) is 22.9 Å². The quantitative estimate of drug-likeness (QED) is 0.412. The molecule has 0 spiro atoms. The van der Waals surface area contributed by atoms with E-state index in [1.54, 1.807) is 19.9 Å². The molecule has 1 aromatic carbocycles. The highest BCUT2D eigenvalue weighted by Gasteiger charge is 2.20. The van der Waals surface area contributed by atoms with Crippen molar-refractivity contribution in [3.05, 3.63) is 54.7 Å². The smallest absolute Gasteiger partial charge is 0.330 e. The lowest BCUT2D eigenvalue weighted by Crippen LogP contribution is -2.41. The van der Waals surface area contributed by atoms with E-state index in [1.165, 1.54) is 21.6 Å². The van der Waals surface area contributed by atoms with Crippen LogP contribution in [0.2, 0.25) is 0 Å². The predicted octanol–water partition coefficient (Wildman–Crippen LogP) is 1.60. The molecule has 1 amide bonds. The summed E-state index contributed by atoms with van der Waals surface area (Å²) in [6.07, 6.45) is 1.54. The lowest BCUT2D eigenvalue weighted by Gasteiger charge is -2.24. The minimum atomic E-state index is -0.675. The number of anilines is 3. The average Bonchev–Trinajstić information content (AvgIpc) is 2.68. The van der Waals surface area contributed by atoms with Gasteiger partial charge in [0.2, 0.25) is 5.91 Å². The Morgan fingerprint density at radius 3 is 2.63 bits per heavy atom. The largest absolute Gasteiger partial charge is 0.383 e. The number of rotatable bonds is 9. The highest BCUT2D eigenvalue weighted by Crippen LogP contribution is 2.22. The number of amides is 1. The molecule has 1 heterocycles. The molecule has 0 fully saturated rings. The van der Waals surface area contributed by atoms with Gasteiger partial charge in [-0.1, -0.05) is 19.4 Å². The van der Waals surface area contributed by atoms with Gasteiger partial charge in [0.15, 0.2) is 0 Å². The zero-order valence-electron chi connectivity index (χ0n) is 17.2. The molecule has 0 saturated heterocycles. The molecule has 0 saturated carbocycles. The Kier molecular flexibility index (Phi) is 7.34. The first-order valence-electron chi connectivity index (χ1n) is 9.62. The molecule has 0 aliphatic carbocycles. The fraction of sp³-hybridized carbons (Fsp3) is 0.421. The Morgan fingerprint density at radius 2 is 2.03 bits per heavy atom. The number of nitrogens with zero attached hydrogens (tertiary/aromatic N) is 3. The minimum Gasteiger partial charge on any atom is -0.383 e. The van der Waals surface area contributed by atoms with Gasteiger partial charge in [0.25, 0.3) is 11.2 Å². The Bertz CT molecular complexity index is 1060. The second kappa shape index (κ2) is 9.72. The summed E-state index contributed by atoms with van der Waals surface area (Å²) in [5, 5.41) is 13.7. The van der Waals surface area contributed by atoms with Gasteiger partial charge >= 0.3 is 5.69 Å². The third-order valence-electron chi connectivity index (χ3n) is 4.67. The van der Waals surface area contributed by atoms with Crippen LogP contribution in [0, 0.1) is 17.0 Å². The summed E-state index contributed by atoms with van der Waals surface area (Å²) in [6.45, 7) is 5.71. The SMILES string of the molecule is CCCCn1c(N)c(N(CC)CC(=O)Nc2ccc(C)c([N+](=O)[O-])c2)c(=O)[nH]c1=O. The van der Waals surface area contributed by atoms with E-state index < -0.39 is 22.1 Å². The van der Waals surface area contributed by atoms with Gasteiger partial charge in [0, 0.05) is 30.4 Å². The summed E-state index contributed by atoms with van der Waals surface area (Å²) >= 11 is 0. The predicted molar refractivity (Wildman–Crippen MR) is 115 cm³/mol. The molecule has 0 unspecified atom stereocenters. The number of nitrogens with two attached hydrogens (primary N) is 1. The fourth-order valence-electron chi connectivity index (χ4n) is 3.03. The Balaban J connectivity index is 2.28. The van der Waals surface area contributed by atoms with Crippen LogP contribution in [0.1, 0.15) is 32.3 Å². The number of nitrogen functional groups attached to an aromatic ring is 1. The van der Waals surface area contributed by atoms with E-state index in [4.69, 9.17) is 5.73 Å². The Hall–Kier alpha value is -3.63. The molecular weight excluding hydrogens is 392 g/mol. The van der Waals surface area contributed by atoms with E-state index in [1.807, 2.05) is 6.92 Å². The maximum absolute atomic E-state index is 12.5. The molecule has 4 N–H and O–H groups in total. The fourth-order valence-corrected chi connectivity index (χ4v) is 3.03. The normalized spacial score (nSPS) is 10.6. The van der Waals surface area contributed by atoms with E-state index >= 15 is 0 Å². The molecule has 2 rings (SSSR count). The van der Waals surface area contributed by atoms with Crippen LogP contribution < -0.4 is 27.2 Å². The number of nitro benzene ring substituents is 1. The molecule has 11 heteroatoms. The van der Waals surface area contributed by atoms with Crippen molar-refractivity contribution in [2.45, 2.75) is 40.2 Å². The first-order valence-corrected chi connectivity index (χ1v) is 9.62. The summed E-state index contributed by atoms with van der Waals surface area (Å²) in [5.74, 6) is -0.488. The van der Waals surface area contributed by atoms with Gasteiger partial charge in [-0.05, 0) is 26.3 Å². The molecule has 0 atom stereocenters. The summed E-state index contributed by atoms with van der Waals surface area (Å²) < 4.78 is 1.28. The second-order valence-electron chi connectivity index (χ2n) is 6.82. The maximum atomic E-state index is 12.5. The van der Waals surface area contributed by atoms with Crippen LogP contribution in [0.5, 0.6) is 0 Å². The van der Waals surface area contributed by atoms with E-state index in [-0.39, 0.29) is 36.0 Å². The second-order valence-corrected chi connectivity index (χ2v) is 6.82. The van der Waals surface area contributed by atoms with Crippen molar-refractivity contribution in [3.63, 3.8) is 0 Å². The van der Waals surface area contributed by atoms with E-state index in [2.05, 4.69) is 10.3 Å². The summed E-state index contributed by atoms with van der Waals surface area (Å²) in [7, 11) is 0. The summed E-state index contributed by atoms with van der Waals surface area (Å²) in [5.41, 5.74) is 5.50. The number of carbonyl (C=O) groups is 1. The van der Waals surface area contributed by atoms with Gasteiger partial charge in [-0.3, -0.25) is 29.3 Å². The van der Waals surface area contributed by atoms with Crippen LogP contribution in [-0.4, -0.2) is 33.5 Å². The van der Waals surface area contributed by atoms with Crippen molar-refractivity contribution >= 4 is 28.8 Å².